The third-order valence-corrected chi connectivity index (χ3v) is 19.5. The molecule has 0 unspecified atom stereocenters. The molecule has 1 aliphatic heterocycles. The van der Waals surface area contributed by atoms with E-state index in [4.69, 9.17) is 45.8 Å². The van der Waals surface area contributed by atoms with Gasteiger partial charge in [-0.25, -0.2) is 29.9 Å². The highest BCUT2D eigenvalue weighted by Gasteiger charge is 2.53. The predicted molar refractivity (Wildman–Crippen MR) is 381 cm³/mol. The molecule has 10 aromatic carbocycles. The van der Waals surface area contributed by atoms with Crippen molar-refractivity contribution in [2.24, 2.45) is 0 Å². The van der Waals surface area contributed by atoms with Gasteiger partial charge in [-0.05, 0) is 97.9 Å². The summed E-state index contributed by atoms with van der Waals surface area (Å²) in [4.78, 5) is 38.5. The fourth-order valence-corrected chi connectivity index (χ4v) is 14.2. The number of nitrogens with zero attached hydrogens (tertiary/aromatic N) is 8. The molecule has 442 valence electrons. The maximum atomic E-state index is 6.42. The number of thiophene rings is 2. The van der Waals surface area contributed by atoms with Crippen LogP contribution in [0, 0.1) is 0 Å². The maximum absolute atomic E-state index is 6.42. The lowest BCUT2D eigenvalue weighted by Gasteiger charge is -2.32. The summed E-state index contributed by atoms with van der Waals surface area (Å²) in [7, 11) is -0.400. The smallest absolute Gasteiger partial charge is 0.399 e. The molecule has 0 spiro atoms. The third-order valence-electron chi connectivity index (χ3n) is 16.9. The van der Waals surface area contributed by atoms with Gasteiger partial charge in [0.2, 0.25) is 5.28 Å². The highest BCUT2D eigenvalue weighted by molar-refractivity contribution is 7.27. The molecule has 14 heteroatoms. The molecule has 1 aliphatic rings. The summed E-state index contributed by atoms with van der Waals surface area (Å²) in [5.41, 5.74) is 13.5. The molecule has 17 rings (SSSR count). The van der Waals surface area contributed by atoms with Crippen LogP contribution in [0.15, 0.2) is 267 Å². The van der Waals surface area contributed by atoms with Gasteiger partial charge in [0, 0.05) is 64.2 Å². The molecular weight excluding hydrogens is 1190 g/mol. The number of fused-ring (bicyclic) bond motifs is 8. The average molecular weight is 1250 g/mol. The Labute approximate surface area is 545 Å². The van der Waals surface area contributed by atoms with Crippen LogP contribution in [0.4, 0.5) is 0 Å². The number of pyridine rings is 2. The van der Waals surface area contributed by atoms with Gasteiger partial charge in [-0.3, -0.25) is 0 Å². The number of rotatable bonds is 8. The molecular formula is C78H56BClN8O2S2. The van der Waals surface area contributed by atoms with Gasteiger partial charge in [0.15, 0.2) is 29.1 Å². The number of hydrogen-bond acceptors (Lipinski definition) is 12. The Kier molecular flexibility index (Phi) is 15.5. The molecule has 0 saturated carbocycles. The largest absolute Gasteiger partial charge is 0.497 e. The molecule has 6 aromatic heterocycles. The van der Waals surface area contributed by atoms with E-state index >= 15 is 0 Å². The number of aromatic nitrogens is 8. The van der Waals surface area contributed by atoms with Gasteiger partial charge in [-0.2, -0.15) is 9.97 Å². The van der Waals surface area contributed by atoms with E-state index in [1.54, 1.807) is 22.7 Å². The van der Waals surface area contributed by atoms with Gasteiger partial charge in [0.05, 0.1) is 42.7 Å². The minimum absolute atomic E-state index is 0.189. The Hall–Kier alpha value is -10.2. The number of benzene rings is 10. The first-order valence-electron chi connectivity index (χ1n) is 30.3. The van der Waals surface area contributed by atoms with Gasteiger partial charge in [0.1, 0.15) is 0 Å². The maximum Gasteiger partial charge on any atom is 0.497 e. The molecule has 0 aliphatic carbocycles. The summed E-state index contributed by atoms with van der Waals surface area (Å²) in [5, 5.41) is 4.66. The molecule has 7 heterocycles. The number of hydrogen-bond donors (Lipinski definition) is 0. The Morgan fingerprint density at radius 2 is 0.663 bits per heavy atom. The quantitative estimate of drug-likeness (QED) is 0.136. The summed E-state index contributed by atoms with van der Waals surface area (Å²) in [5.74, 6) is 3.07. The van der Waals surface area contributed by atoms with Crippen LogP contribution in [-0.4, -0.2) is 58.2 Å². The minimum atomic E-state index is -0.400. The lowest BCUT2D eigenvalue weighted by Crippen LogP contribution is -2.41. The summed E-state index contributed by atoms with van der Waals surface area (Å²) >= 11 is 9.65. The highest BCUT2D eigenvalue weighted by Crippen LogP contribution is 2.44. The Balaban J connectivity index is 0.000000120. The van der Waals surface area contributed by atoms with Crippen molar-refractivity contribution in [3.8, 4) is 79.2 Å². The van der Waals surface area contributed by atoms with Crippen LogP contribution in [0.5, 0.6) is 0 Å². The van der Waals surface area contributed by atoms with Crippen LogP contribution in [0.1, 0.15) is 27.7 Å². The second kappa shape index (κ2) is 24.5. The minimum Gasteiger partial charge on any atom is -0.399 e. The van der Waals surface area contributed by atoms with Crippen LogP contribution >= 0.6 is 34.3 Å². The zero-order valence-electron chi connectivity index (χ0n) is 50.6. The second-order valence-corrected chi connectivity index (χ2v) is 25.8. The van der Waals surface area contributed by atoms with Crippen molar-refractivity contribution < 1.29 is 9.31 Å². The lowest BCUT2D eigenvalue weighted by atomic mass is 9.76. The first kappa shape index (κ1) is 58.1. The van der Waals surface area contributed by atoms with Gasteiger partial charge in [-0.15, -0.1) is 22.7 Å². The zero-order valence-corrected chi connectivity index (χ0v) is 53.0. The van der Waals surface area contributed by atoms with Crippen molar-refractivity contribution in [2.75, 3.05) is 0 Å². The molecule has 10 nitrogen and oxygen atoms in total. The SMILES string of the molecule is CC1(C)OB(c2c3ccccc3nc3c2sc2ccccc23)OC1(C)C.Clc1nc(-c2ccccc2)nc(-c2cccc(-c3ccccc3)c2)n1.c1ccc(-c2cccc(-c3nc(-c4ccccc4)nc(-c4c5ccccc5nc5c4sc4ccccc45)n3)c2)cc1. The van der Waals surface area contributed by atoms with Crippen molar-refractivity contribution in [3.05, 3.63) is 272 Å². The van der Waals surface area contributed by atoms with Crippen molar-refractivity contribution in [2.45, 2.75) is 38.9 Å². The van der Waals surface area contributed by atoms with Crippen LogP contribution in [0.2, 0.25) is 5.28 Å². The number of halogens is 1. The standard InChI is InChI=1S/C36H22N4S.C21H20BNO2S.C21H14ClN3/c1-3-12-23(13-4-1)25-16-11-17-26(22-25)35-38-34(24-14-5-2-6-15-24)39-36(40-35)31-27-18-7-9-20-29(27)37-32-28-19-8-10-21-30(28)41-33(31)32;1-20(2)21(3,4)25-22(24-20)17-13-9-5-7-11-15(13)23-18-14-10-6-8-12-16(14)26-19(17)18;22-21-24-19(16-10-5-2-6-11-16)23-20(25-21)18-13-7-12-17(14-18)15-8-3-1-4-9-15/h1-22H;5-12H,1-4H3;1-14H. The van der Waals surface area contributed by atoms with E-state index < -0.39 is 7.12 Å². The molecule has 0 radical (unpaired) electrons. The predicted octanol–water partition coefficient (Wildman–Crippen LogP) is 19.9. The zero-order chi connectivity index (χ0) is 62.3. The van der Waals surface area contributed by atoms with E-state index in [1.165, 1.54) is 14.8 Å². The van der Waals surface area contributed by atoms with Crippen LogP contribution in [0.3, 0.4) is 0 Å². The summed E-state index contributed by atoms with van der Waals surface area (Å²) in [6.45, 7) is 8.38. The van der Waals surface area contributed by atoms with E-state index in [0.717, 1.165) is 103 Å². The van der Waals surface area contributed by atoms with Crippen molar-refractivity contribution in [1.29, 1.82) is 0 Å². The lowest BCUT2D eigenvalue weighted by molar-refractivity contribution is 0.00578. The molecule has 0 N–H and O–H groups in total. The third kappa shape index (κ3) is 11.4. The molecule has 0 bridgehead atoms. The van der Waals surface area contributed by atoms with E-state index in [-0.39, 0.29) is 16.5 Å². The first-order valence-corrected chi connectivity index (χ1v) is 32.4. The van der Waals surface area contributed by atoms with Crippen molar-refractivity contribution in [3.63, 3.8) is 0 Å². The van der Waals surface area contributed by atoms with Gasteiger partial charge in [0.25, 0.3) is 0 Å². The molecule has 0 atom stereocenters. The molecule has 1 fully saturated rings. The van der Waals surface area contributed by atoms with Crippen LogP contribution in [-0.2, 0) is 9.31 Å². The van der Waals surface area contributed by atoms with Gasteiger partial charge < -0.3 is 9.31 Å². The fraction of sp³-hybridized carbons (Fsp3) is 0.0769. The first-order chi connectivity index (χ1) is 45.0. The molecule has 0 amide bonds. The Morgan fingerprint density at radius 1 is 0.315 bits per heavy atom. The Bertz CT molecular complexity index is 5390. The van der Waals surface area contributed by atoms with Crippen LogP contribution in [0.25, 0.3) is 142 Å². The van der Waals surface area contributed by atoms with E-state index in [1.807, 2.05) is 109 Å². The summed E-state index contributed by atoms with van der Waals surface area (Å²) < 4.78 is 17.5. The second-order valence-electron chi connectivity index (χ2n) is 23.4. The van der Waals surface area contributed by atoms with E-state index in [9.17, 15) is 0 Å². The van der Waals surface area contributed by atoms with E-state index in [2.05, 4.69) is 200 Å². The highest BCUT2D eigenvalue weighted by atomic mass is 35.5. The van der Waals surface area contributed by atoms with Gasteiger partial charge >= 0.3 is 7.12 Å². The monoisotopic (exact) mass is 1250 g/mol. The van der Waals surface area contributed by atoms with Crippen molar-refractivity contribution in [1.82, 2.24) is 39.9 Å². The summed E-state index contributed by atoms with van der Waals surface area (Å²) in [6, 6.07) is 90.4. The van der Waals surface area contributed by atoms with E-state index in [0.29, 0.717) is 29.1 Å². The normalized spacial score (nSPS) is 13.3. The molecule has 1 saturated heterocycles. The number of para-hydroxylation sites is 2. The van der Waals surface area contributed by atoms with Crippen LogP contribution < -0.4 is 5.46 Å². The fourth-order valence-electron chi connectivity index (χ4n) is 11.6. The molecule has 92 heavy (non-hydrogen) atoms. The molecule has 16 aromatic rings. The van der Waals surface area contributed by atoms with Crippen molar-refractivity contribution >= 4 is 109 Å². The average Bonchev–Trinajstić information content (AvgIpc) is 1.56. The summed E-state index contributed by atoms with van der Waals surface area (Å²) in [6.07, 6.45) is 0. The van der Waals surface area contributed by atoms with Gasteiger partial charge in [-0.1, -0.05) is 231 Å². The topological polar surface area (TPSA) is 122 Å². The Morgan fingerprint density at radius 3 is 1.17 bits per heavy atom.